The number of ketones is 1. The molecule has 0 N–H and O–H groups in total. The third-order valence-corrected chi connectivity index (χ3v) is 2.93. The van der Waals surface area contributed by atoms with E-state index in [1.807, 2.05) is 6.07 Å². The summed E-state index contributed by atoms with van der Waals surface area (Å²) in [6, 6.07) is 14.1. The number of fused-ring (bicyclic) bond motifs is 1. The fourth-order valence-electron chi connectivity index (χ4n) is 1.93. The number of hydrogen-bond acceptors (Lipinski definition) is 4. The maximum atomic E-state index is 12.1. The van der Waals surface area contributed by atoms with Crippen molar-refractivity contribution in [1.29, 1.82) is 0 Å². The van der Waals surface area contributed by atoms with Gasteiger partial charge in [0.05, 0.1) is 6.42 Å². The van der Waals surface area contributed by atoms with Crippen molar-refractivity contribution in [3.8, 4) is 0 Å². The van der Waals surface area contributed by atoms with Crippen molar-refractivity contribution in [2.75, 3.05) is 0 Å². The van der Waals surface area contributed by atoms with E-state index in [9.17, 15) is 9.59 Å². The maximum Gasteiger partial charge on any atom is 0.295 e. The highest BCUT2D eigenvalue weighted by Crippen LogP contribution is 2.03. The van der Waals surface area contributed by atoms with Crippen LogP contribution in [-0.4, -0.2) is 20.4 Å². The monoisotopic (exact) mass is 265 g/mol. The maximum absolute atomic E-state index is 12.1. The van der Waals surface area contributed by atoms with Gasteiger partial charge >= 0.3 is 0 Å². The quantitative estimate of drug-likeness (QED) is 0.673. The first-order chi connectivity index (χ1) is 9.74. The van der Waals surface area contributed by atoms with Crippen LogP contribution >= 0.6 is 0 Å². The largest absolute Gasteiger partial charge is 0.295 e. The molecule has 5 nitrogen and oxygen atoms in total. The van der Waals surface area contributed by atoms with Crippen LogP contribution in [0.2, 0.25) is 0 Å². The van der Waals surface area contributed by atoms with Gasteiger partial charge in [0, 0.05) is 11.8 Å². The summed E-state index contributed by atoms with van der Waals surface area (Å²) in [7, 11) is 0. The molecule has 3 aromatic rings. The standard InChI is InChI=1S/C15H11N3O2/c19-13(11-6-2-1-3-7-11)10-12-15(20)16-14-8-4-5-9-18(14)17-12/h1-9H,10H2. The van der Waals surface area contributed by atoms with Crippen molar-refractivity contribution < 1.29 is 4.79 Å². The molecular formula is C15H11N3O2. The zero-order valence-corrected chi connectivity index (χ0v) is 10.6. The fraction of sp³-hybridized carbons (Fsp3) is 0.0667. The Balaban J connectivity index is 1.97. The molecule has 0 saturated carbocycles. The lowest BCUT2D eigenvalue weighted by Crippen LogP contribution is -2.21. The molecule has 0 aliphatic rings. The summed E-state index contributed by atoms with van der Waals surface area (Å²) in [5.41, 5.74) is 0.725. The molecular weight excluding hydrogens is 254 g/mol. The van der Waals surface area contributed by atoms with E-state index in [0.717, 1.165) is 0 Å². The van der Waals surface area contributed by atoms with Gasteiger partial charge in [-0.25, -0.2) is 4.52 Å². The molecule has 0 aliphatic heterocycles. The number of pyridine rings is 1. The second kappa shape index (κ2) is 5.05. The molecule has 0 fully saturated rings. The van der Waals surface area contributed by atoms with Crippen LogP contribution in [0.15, 0.2) is 59.5 Å². The van der Waals surface area contributed by atoms with Crippen molar-refractivity contribution in [3.63, 3.8) is 0 Å². The minimum atomic E-state index is -0.458. The average Bonchev–Trinajstić information content (AvgIpc) is 2.49. The number of rotatable bonds is 3. The van der Waals surface area contributed by atoms with Gasteiger partial charge in [-0.15, -0.1) is 0 Å². The lowest BCUT2D eigenvalue weighted by Gasteiger charge is -2.02. The Hall–Kier alpha value is -2.82. The molecule has 0 unspecified atom stereocenters. The number of aromatic nitrogens is 3. The molecule has 20 heavy (non-hydrogen) atoms. The molecule has 0 aliphatic carbocycles. The third kappa shape index (κ3) is 2.33. The van der Waals surface area contributed by atoms with Crippen LogP contribution in [0.4, 0.5) is 0 Å². The Labute approximate surface area is 114 Å². The summed E-state index contributed by atoms with van der Waals surface area (Å²) in [5.74, 6) is -0.145. The van der Waals surface area contributed by atoms with Crippen molar-refractivity contribution in [3.05, 3.63) is 76.3 Å². The second-order valence-corrected chi connectivity index (χ2v) is 4.33. The van der Waals surface area contributed by atoms with Crippen LogP contribution in [0.5, 0.6) is 0 Å². The van der Waals surface area contributed by atoms with Gasteiger partial charge < -0.3 is 0 Å². The van der Waals surface area contributed by atoms with Gasteiger partial charge in [-0.1, -0.05) is 36.4 Å². The van der Waals surface area contributed by atoms with Crippen LogP contribution < -0.4 is 5.56 Å². The van der Waals surface area contributed by atoms with Crippen molar-refractivity contribution in [2.24, 2.45) is 0 Å². The second-order valence-electron chi connectivity index (χ2n) is 4.33. The Morgan fingerprint density at radius 3 is 2.60 bits per heavy atom. The molecule has 0 amide bonds. The van der Waals surface area contributed by atoms with Gasteiger partial charge in [0.1, 0.15) is 5.69 Å². The first-order valence-corrected chi connectivity index (χ1v) is 6.17. The number of carbonyl (C=O) groups excluding carboxylic acids is 1. The summed E-state index contributed by atoms with van der Waals surface area (Å²) in [6.07, 6.45) is 1.64. The lowest BCUT2D eigenvalue weighted by atomic mass is 10.1. The topological polar surface area (TPSA) is 64.3 Å². The summed E-state index contributed by atoms with van der Waals surface area (Å²) in [4.78, 5) is 27.9. The molecule has 0 radical (unpaired) electrons. The third-order valence-electron chi connectivity index (χ3n) is 2.93. The molecule has 2 aromatic heterocycles. The van der Waals surface area contributed by atoms with E-state index in [1.54, 1.807) is 48.7 Å². The average molecular weight is 265 g/mol. The van der Waals surface area contributed by atoms with E-state index >= 15 is 0 Å². The van der Waals surface area contributed by atoms with E-state index in [-0.39, 0.29) is 17.9 Å². The Morgan fingerprint density at radius 2 is 1.80 bits per heavy atom. The minimum Gasteiger partial charge on any atom is -0.294 e. The lowest BCUT2D eigenvalue weighted by molar-refractivity contribution is 0.0991. The Bertz CT molecular complexity index is 825. The molecule has 1 aromatic carbocycles. The van der Waals surface area contributed by atoms with Crippen LogP contribution in [0.3, 0.4) is 0 Å². The van der Waals surface area contributed by atoms with E-state index < -0.39 is 5.56 Å². The van der Waals surface area contributed by atoms with Crippen LogP contribution in [0, 0.1) is 0 Å². The highest BCUT2D eigenvalue weighted by molar-refractivity contribution is 5.97. The fourth-order valence-corrected chi connectivity index (χ4v) is 1.93. The van der Waals surface area contributed by atoms with E-state index in [2.05, 4.69) is 10.1 Å². The van der Waals surface area contributed by atoms with Crippen LogP contribution in [-0.2, 0) is 6.42 Å². The van der Waals surface area contributed by atoms with Crippen LogP contribution in [0.1, 0.15) is 16.1 Å². The van der Waals surface area contributed by atoms with Gasteiger partial charge in [-0.05, 0) is 12.1 Å². The zero-order chi connectivity index (χ0) is 13.9. The summed E-state index contributed by atoms with van der Waals surface area (Å²) in [6.45, 7) is 0. The Kier molecular flexibility index (Phi) is 3.09. The van der Waals surface area contributed by atoms with E-state index in [4.69, 9.17) is 0 Å². The van der Waals surface area contributed by atoms with Gasteiger partial charge in [-0.3, -0.25) is 9.59 Å². The predicted octanol–water partition coefficient (Wildman–Crippen LogP) is 1.51. The van der Waals surface area contributed by atoms with Gasteiger partial charge in [-0.2, -0.15) is 10.1 Å². The molecule has 0 spiro atoms. The van der Waals surface area contributed by atoms with Gasteiger partial charge in [0.2, 0.25) is 0 Å². The summed E-state index contributed by atoms with van der Waals surface area (Å²) >= 11 is 0. The van der Waals surface area contributed by atoms with Crippen molar-refractivity contribution in [2.45, 2.75) is 6.42 Å². The van der Waals surface area contributed by atoms with E-state index in [0.29, 0.717) is 11.2 Å². The Morgan fingerprint density at radius 1 is 1.05 bits per heavy atom. The number of benzene rings is 1. The first kappa shape index (κ1) is 12.2. The first-order valence-electron chi connectivity index (χ1n) is 6.17. The SMILES string of the molecule is O=C(Cc1nn2ccccc2nc1=O)c1ccccc1. The van der Waals surface area contributed by atoms with Crippen LogP contribution in [0.25, 0.3) is 5.65 Å². The highest BCUT2D eigenvalue weighted by Gasteiger charge is 2.12. The summed E-state index contributed by atoms with van der Waals surface area (Å²) < 4.78 is 1.50. The normalized spacial score (nSPS) is 10.6. The molecule has 3 rings (SSSR count). The summed E-state index contributed by atoms with van der Waals surface area (Å²) in [5, 5.41) is 4.16. The van der Waals surface area contributed by atoms with E-state index in [1.165, 1.54) is 4.52 Å². The molecule has 98 valence electrons. The number of hydrogen-bond donors (Lipinski definition) is 0. The number of Topliss-reactive ketones (excluding diaryl/α,β-unsaturated/α-hetero) is 1. The molecule has 5 heteroatoms. The highest BCUT2D eigenvalue weighted by atomic mass is 16.1. The smallest absolute Gasteiger partial charge is 0.294 e. The van der Waals surface area contributed by atoms with Gasteiger partial charge in [0.25, 0.3) is 5.56 Å². The van der Waals surface area contributed by atoms with Gasteiger partial charge in [0.15, 0.2) is 11.4 Å². The zero-order valence-electron chi connectivity index (χ0n) is 10.6. The van der Waals surface area contributed by atoms with Crippen molar-refractivity contribution >= 4 is 11.4 Å². The molecule has 0 saturated heterocycles. The number of carbonyl (C=O) groups is 1. The predicted molar refractivity (Wildman–Crippen MR) is 73.7 cm³/mol. The minimum absolute atomic E-state index is 0.0479. The molecule has 0 bridgehead atoms. The van der Waals surface area contributed by atoms with Crippen molar-refractivity contribution in [1.82, 2.24) is 14.6 Å². The molecule has 0 atom stereocenters. The number of nitrogens with zero attached hydrogens (tertiary/aromatic N) is 3. The molecule has 2 heterocycles.